The molecule has 0 N–H and O–H groups in total. The number of alkyl halides is 2. The van der Waals surface area contributed by atoms with E-state index in [1.165, 1.54) is 5.56 Å². The monoisotopic (exact) mass is 359 g/mol. The van der Waals surface area contributed by atoms with Crippen LogP contribution in [0.4, 0.5) is 8.78 Å². The molecule has 0 atom stereocenters. The zero-order chi connectivity index (χ0) is 18.5. The third-order valence-electron chi connectivity index (χ3n) is 5.56. The predicted octanol–water partition coefficient (Wildman–Crippen LogP) is 5.21. The zero-order valence-electron chi connectivity index (χ0n) is 15.4. The fourth-order valence-electron chi connectivity index (χ4n) is 4.15. The van der Waals surface area contributed by atoms with Crippen molar-refractivity contribution in [3.8, 4) is 11.1 Å². The van der Waals surface area contributed by atoms with Gasteiger partial charge in [-0.3, -0.25) is 0 Å². The standard InChI is InChI=1S/C20H23F2N3O/c1-12-18(13(2)26-24-12)15-9-17-16(11-25(3)19(17)23-10-15)8-14-4-6-20(21,22)7-5-14/h9-11,14H,4-8H2,1-3H3. The lowest BCUT2D eigenvalue weighted by Crippen LogP contribution is -2.25. The van der Waals surface area contributed by atoms with Gasteiger partial charge in [0.05, 0.1) is 5.69 Å². The number of hydrogen-bond donors (Lipinski definition) is 0. The molecule has 6 heteroatoms. The minimum Gasteiger partial charge on any atom is -0.361 e. The number of hydrogen-bond acceptors (Lipinski definition) is 3. The molecule has 0 bridgehead atoms. The summed E-state index contributed by atoms with van der Waals surface area (Å²) in [5, 5.41) is 5.11. The van der Waals surface area contributed by atoms with Crippen LogP contribution in [0.15, 0.2) is 23.0 Å². The summed E-state index contributed by atoms with van der Waals surface area (Å²) in [6, 6.07) is 2.13. The lowest BCUT2D eigenvalue weighted by atomic mass is 9.83. The van der Waals surface area contributed by atoms with Crippen LogP contribution in [-0.2, 0) is 13.5 Å². The molecule has 1 aliphatic rings. The van der Waals surface area contributed by atoms with Crippen LogP contribution in [0.1, 0.15) is 42.7 Å². The maximum absolute atomic E-state index is 13.4. The average Bonchev–Trinajstić information content (AvgIpc) is 3.09. The van der Waals surface area contributed by atoms with Crippen molar-refractivity contribution < 1.29 is 13.3 Å². The predicted molar refractivity (Wildman–Crippen MR) is 96.3 cm³/mol. The Labute approximate surface area is 151 Å². The zero-order valence-corrected chi connectivity index (χ0v) is 15.4. The van der Waals surface area contributed by atoms with Gasteiger partial charge in [-0.15, -0.1) is 0 Å². The van der Waals surface area contributed by atoms with Crippen molar-refractivity contribution in [2.75, 3.05) is 0 Å². The van der Waals surface area contributed by atoms with Crippen molar-refractivity contribution in [1.82, 2.24) is 14.7 Å². The fourth-order valence-corrected chi connectivity index (χ4v) is 4.15. The Balaban J connectivity index is 1.68. The molecule has 4 rings (SSSR count). The molecule has 4 nitrogen and oxygen atoms in total. The van der Waals surface area contributed by atoms with Gasteiger partial charge in [-0.05, 0) is 50.7 Å². The van der Waals surface area contributed by atoms with Crippen LogP contribution in [0.5, 0.6) is 0 Å². The van der Waals surface area contributed by atoms with Crippen LogP contribution in [0, 0.1) is 19.8 Å². The van der Waals surface area contributed by atoms with E-state index in [4.69, 9.17) is 4.52 Å². The average molecular weight is 359 g/mol. The van der Waals surface area contributed by atoms with Gasteiger partial charge in [0.1, 0.15) is 11.4 Å². The summed E-state index contributed by atoms with van der Waals surface area (Å²) in [6.07, 6.45) is 5.93. The number of pyridine rings is 1. The molecule has 3 aromatic rings. The first-order valence-corrected chi connectivity index (χ1v) is 9.09. The minimum absolute atomic E-state index is 0.00497. The van der Waals surface area contributed by atoms with E-state index in [2.05, 4.69) is 22.4 Å². The quantitative estimate of drug-likeness (QED) is 0.644. The van der Waals surface area contributed by atoms with E-state index in [1.807, 2.05) is 31.7 Å². The van der Waals surface area contributed by atoms with Crippen molar-refractivity contribution in [1.29, 1.82) is 0 Å². The molecule has 0 radical (unpaired) electrons. The van der Waals surface area contributed by atoms with E-state index in [-0.39, 0.29) is 12.8 Å². The number of aromatic nitrogens is 3. The molecule has 0 saturated heterocycles. The van der Waals surface area contributed by atoms with E-state index in [0.717, 1.165) is 40.0 Å². The highest BCUT2D eigenvalue weighted by Crippen LogP contribution is 2.38. The number of fused-ring (bicyclic) bond motifs is 1. The van der Waals surface area contributed by atoms with Crippen LogP contribution in [0.3, 0.4) is 0 Å². The first-order valence-electron chi connectivity index (χ1n) is 9.09. The molecular weight excluding hydrogens is 336 g/mol. The smallest absolute Gasteiger partial charge is 0.248 e. The van der Waals surface area contributed by atoms with Gasteiger partial charge in [-0.1, -0.05) is 5.16 Å². The highest BCUT2D eigenvalue weighted by molar-refractivity contribution is 5.86. The van der Waals surface area contributed by atoms with Gasteiger partial charge in [0.2, 0.25) is 5.92 Å². The summed E-state index contributed by atoms with van der Waals surface area (Å²) < 4.78 is 34.2. The second-order valence-corrected chi connectivity index (χ2v) is 7.56. The van der Waals surface area contributed by atoms with Crippen molar-refractivity contribution in [3.05, 3.63) is 35.5 Å². The molecule has 0 aromatic carbocycles. The van der Waals surface area contributed by atoms with Gasteiger partial charge in [-0.2, -0.15) is 0 Å². The number of aryl methyl sites for hydroxylation is 3. The van der Waals surface area contributed by atoms with E-state index in [1.54, 1.807) is 0 Å². The lowest BCUT2D eigenvalue weighted by Gasteiger charge is -2.28. The Kier molecular flexibility index (Phi) is 4.09. The van der Waals surface area contributed by atoms with E-state index >= 15 is 0 Å². The number of halogens is 2. The van der Waals surface area contributed by atoms with E-state index in [0.29, 0.717) is 18.8 Å². The van der Waals surface area contributed by atoms with Gasteiger partial charge in [0, 0.05) is 48.8 Å². The van der Waals surface area contributed by atoms with Crippen LogP contribution < -0.4 is 0 Å². The maximum Gasteiger partial charge on any atom is 0.248 e. The molecule has 0 aliphatic heterocycles. The minimum atomic E-state index is -2.48. The van der Waals surface area contributed by atoms with E-state index in [9.17, 15) is 8.78 Å². The molecule has 1 fully saturated rings. The molecule has 0 amide bonds. The first-order chi connectivity index (χ1) is 12.3. The Morgan fingerprint density at radius 3 is 2.65 bits per heavy atom. The second-order valence-electron chi connectivity index (χ2n) is 7.56. The van der Waals surface area contributed by atoms with Gasteiger partial charge in [0.25, 0.3) is 0 Å². The molecule has 0 spiro atoms. The highest BCUT2D eigenvalue weighted by Gasteiger charge is 2.35. The Bertz CT molecular complexity index is 928. The van der Waals surface area contributed by atoms with Crippen LogP contribution in [0.25, 0.3) is 22.2 Å². The summed E-state index contributed by atoms with van der Waals surface area (Å²) in [7, 11) is 1.98. The molecule has 1 saturated carbocycles. The molecule has 1 aliphatic carbocycles. The molecule has 0 unspecified atom stereocenters. The SMILES string of the molecule is Cc1noc(C)c1-c1cnc2c(c1)c(CC1CCC(F)(F)CC1)cn2C. The van der Waals surface area contributed by atoms with Gasteiger partial charge >= 0.3 is 0 Å². The highest BCUT2D eigenvalue weighted by atomic mass is 19.3. The molecule has 138 valence electrons. The largest absolute Gasteiger partial charge is 0.361 e. The Morgan fingerprint density at radius 1 is 1.27 bits per heavy atom. The van der Waals surface area contributed by atoms with Gasteiger partial charge in [-0.25, -0.2) is 13.8 Å². The van der Waals surface area contributed by atoms with Crippen LogP contribution in [-0.4, -0.2) is 20.6 Å². The Morgan fingerprint density at radius 2 is 2.00 bits per heavy atom. The maximum atomic E-state index is 13.4. The first kappa shape index (κ1) is 17.2. The lowest BCUT2D eigenvalue weighted by molar-refractivity contribution is -0.0456. The number of rotatable bonds is 3. The fraction of sp³-hybridized carbons (Fsp3) is 0.500. The second kappa shape index (κ2) is 6.18. The summed E-state index contributed by atoms with van der Waals surface area (Å²) >= 11 is 0. The Hall–Kier alpha value is -2.24. The topological polar surface area (TPSA) is 43.9 Å². The number of nitrogens with zero attached hydrogens (tertiary/aromatic N) is 3. The molecule has 3 heterocycles. The molecular formula is C20H23F2N3O. The molecule has 26 heavy (non-hydrogen) atoms. The van der Waals surface area contributed by atoms with Gasteiger partial charge < -0.3 is 9.09 Å². The summed E-state index contributed by atoms with van der Waals surface area (Å²) in [6.45, 7) is 3.82. The summed E-state index contributed by atoms with van der Waals surface area (Å²) in [5.41, 5.74) is 4.90. The third-order valence-corrected chi connectivity index (χ3v) is 5.56. The summed E-state index contributed by atoms with van der Waals surface area (Å²) in [4.78, 5) is 4.63. The van der Waals surface area contributed by atoms with Crippen LogP contribution >= 0.6 is 0 Å². The van der Waals surface area contributed by atoms with Gasteiger partial charge in [0.15, 0.2) is 0 Å². The summed E-state index contributed by atoms with van der Waals surface area (Å²) in [5.74, 6) is -1.40. The van der Waals surface area contributed by atoms with Crippen molar-refractivity contribution in [3.63, 3.8) is 0 Å². The van der Waals surface area contributed by atoms with Crippen molar-refractivity contribution in [2.24, 2.45) is 13.0 Å². The van der Waals surface area contributed by atoms with Crippen molar-refractivity contribution in [2.45, 2.75) is 51.9 Å². The van der Waals surface area contributed by atoms with E-state index < -0.39 is 5.92 Å². The van der Waals surface area contributed by atoms with Crippen LogP contribution in [0.2, 0.25) is 0 Å². The third kappa shape index (κ3) is 3.02. The normalized spacial score (nSPS) is 17.9. The molecule has 3 aromatic heterocycles. The van der Waals surface area contributed by atoms with Crippen molar-refractivity contribution >= 4 is 11.0 Å².